The Labute approximate surface area is 163 Å². The number of hydrogen-bond acceptors (Lipinski definition) is 5. The van der Waals surface area contributed by atoms with Crippen molar-refractivity contribution in [3.05, 3.63) is 35.9 Å². The highest BCUT2D eigenvalue weighted by Crippen LogP contribution is 2.30. The maximum Gasteiger partial charge on any atom is 0.291 e. The summed E-state index contributed by atoms with van der Waals surface area (Å²) in [5, 5.41) is 7.20. The number of nitrogens with zero attached hydrogens (tertiary/aromatic N) is 4. The van der Waals surface area contributed by atoms with E-state index in [0.29, 0.717) is 17.5 Å². The highest BCUT2D eigenvalue weighted by Gasteiger charge is 2.32. The van der Waals surface area contributed by atoms with E-state index in [4.69, 9.17) is 4.74 Å². The van der Waals surface area contributed by atoms with Gasteiger partial charge in [0.25, 0.3) is 11.8 Å². The smallest absolute Gasteiger partial charge is 0.291 e. The van der Waals surface area contributed by atoms with Crippen LogP contribution in [-0.4, -0.2) is 46.3 Å². The molecule has 8 nitrogen and oxygen atoms in total. The van der Waals surface area contributed by atoms with Gasteiger partial charge < -0.3 is 15.0 Å². The number of aryl methyl sites for hydroxylation is 1. The molecular weight excluding hydrogens is 358 g/mol. The molecule has 0 aliphatic carbocycles. The van der Waals surface area contributed by atoms with Crippen molar-refractivity contribution in [3.63, 3.8) is 0 Å². The number of likely N-dealkylation sites (N-methyl/N-ethyl adjacent to an activating group) is 1. The van der Waals surface area contributed by atoms with Crippen molar-refractivity contribution < 1.29 is 14.3 Å². The minimum absolute atomic E-state index is 0.0674. The molecule has 1 aromatic carbocycles. The molecule has 2 aromatic rings. The fourth-order valence-electron chi connectivity index (χ4n) is 3.91. The molecule has 0 saturated heterocycles. The van der Waals surface area contributed by atoms with E-state index >= 15 is 0 Å². The molecule has 0 spiro atoms. The molecule has 3 heterocycles. The van der Waals surface area contributed by atoms with Crippen molar-refractivity contribution in [1.82, 2.24) is 20.1 Å². The summed E-state index contributed by atoms with van der Waals surface area (Å²) < 4.78 is 7.64. The molecule has 2 aliphatic rings. The van der Waals surface area contributed by atoms with Crippen molar-refractivity contribution in [2.45, 2.75) is 51.1 Å². The average Bonchev–Trinajstić information content (AvgIpc) is 3.11. The Morgan fingerprint density at radius 1 is 1.36 bits per heavy atom. The van der Waals surface area contributed by atoms with Crippen LogP contribution in [0.4, 0.5) is 5.69 Å². The highest BCUT2D eigenvalue weighted by atomic mass is 16.5. The van der Waals surface area contributed by atoms with Gasteiger partial charge in [-0.15, -0.1) is 5.10 Å². The van der Waals surface area contributed by atoms with Crippen LogP contribution in [0.15, 0.2) is 24.3 Å². The Hall–Kier alpha value is -2.90. The summed E-state index contributed by atoms with van der Waals surface area (Å²) in [5.74, 6) is 0.913. The minimum atomic E-state index is -0.795. The summed E-state index contributed by atoms with van der Waals surface area (Å²) in [6.07, 6.45) is 5.03. The number of carbonyl (C=O) groups is 2. The molecule has 4 rings (SSSR count). The van der Waals surface area contributed by atoms with Gasteiger partial charge in [-0.05, 0) is 31.4 Å². The number of para-hydroxylation sites is 2. The Kier molecular flexibility index (Phi) is 5.02. The Morgan fingerprint density at radius 2 is 2.18 bits per heavy atom. The van der Waals surface area contributed by atoms with Crippen molar-refractivity contribution in [2.75, 3.05) is 18.6 Å². The lowest BCUT2D eigenvalue weighted by Crippen LogP contribution is -2.49. The minimum Gasteiger partial charge on any atom is -0.489 e. The molecule has 1 aromatic heterocycles. The largest absolute Gasteiger partial charge is 0.489 e. The van der Waals surface area contributed by atoms with E-state index < -0.39 is 11.9 Å². The summed E-state index contributed by atoms with van der Waals surface area (Å²) in [7, 11) is 1.68. The van der Waals surface area contributed by atoms with Crippen molar-refractivity contribution in [2.24, 2.45) is 0 Å². The molecule has 1 N–H and O–H groups in total. The summed E-state index contributed by atoms with van der Waals surface area (Å²) in [6, 6.07) is 6.82. The second-order valence-electron chi connectivity index (χ2n) is 7.33. The van der Waals surface area contributed by atoms with Gasteiger partial charge in [-0.2, -0.15) is 0 Å². The summed E-state index contributed by atoms with van der Waals surface area (Å²) in [5.41, 5.74) is 0.683. The lowest BCUT2D eigenvalue weighted by molar-refractivity contribution is -0.120. The number of ether oxygens (including phenoxy) is 1. The van der Waals surface area contributed by atoms with Crippen LogP contribution in [0.3, 0.4) is 0 Å². The van der Waals surface area contributed by atoms with Crippen LogP contribution in [0.2, 0.25) is 0 Å². The zero-order valence-electron chi connectivity index (χ0n) is 16.2. The van der Waals surface area contributed by atoms with Gasteiger partial charge in [-0.25, -0.2) is 9.67 Å². The van der Waals surface area contributed by atoms with Crippen LogP contribution >= 0.6 is 0 Å². The first-order valence-corrected chi connectivity index (χ1v) is 9.84. The maximum absolute atomic E-state index is 12.8. The normalized spacial score (nSPS) is 21.4. The topological polar surface area (TPSA) is 89.3 Å². The maximum atomic E-state index is 12.8. The molecule has 2 atom stereocenters. The van der Waals surface area contributed by atoms with Crippen LogP contribution in [0.1, 0.15) is 55.1 Å². The predicted molar refractivity (Wildman–Crippen MR) is 104 cm³/mol. The second kappa shape index (κ2) is 7.61. The number of hydrogen-bond donors (Lipinski definition) is 1. The van der Waals surface area contributed by atoms with Crippen LogP contribution < -0.4 is 15.0 Å². The monoisotopic (exact) mass is 383 g/mol. The molecule has 0 fully saturated rings. The number of carbonyl (C=O) groups excluding carboxylic acids is 2. The van der Waals surface area contributed by atoms with Crippen molar-refractivity contribution in [3.8, 4) is 5.75 Å². The Balaban J connectivity index is 1.51. The quantitative estimate of drug-likeness (QED) is 0.873. The number of nitrogens with one attached hydrogen (secondary N) is 1. The molecule has 28 heavy (non-hydrogen) atoms. The van der Waals surface area contributed by atoms with Crippen molar-refractivity contribution >= 4 is 17.5 Å². The highest BCUT2D eigenvalue weighted by molar-refractivity contribution is 6.02. The van der Waals surface area contributed by atoms with E-state index in [2.05, 4.69) is 22.3 Å². The third kappa shape index (κ3) is 3.34. The number of amides is 2. The fraction of sp³-hybridized carbons (Fsp3) is 0.500. The van der Waals surface area contributed by atoms with Gasteiger partial charge >= 0.3 is 0 Å². The van der Waals surface area contributed by atoms with Gasteiger partial charge in [0, 0.05) is 13.5 Å². The first-order valence-electron chi connectivity index (χ1n) is 9.84. The standard InChI is InChI=1S/C20H25N5O3/c1-3-7-13-8-6-11-17-22-18(23-25(13)17)19(26)21-14-12-28-16-10-5-4-9-15(16)24(2)20(14)27/h4-5,9-10,13-14H,3,6-8,11-12H2,1-2H3,(H,21,26)/t13-,14+/m1/s1. The third-order valence-corrected chi connectivity index (χ3v) is 5.38. The molecule has 0 bridgehead atoms. The lowest BCUT2D eigenvalue weighted by Gasteiger charge is -2.22. The number of anilines is 1. The van der Waals surface area contributed by atoms with E-state index in [1.165, 1.54) is 4.90 Å². The van der Waals surface area contributed by atoms with Gasteiger partial charge in [0.05, 0.1) is 11.7 Å². The fourth-order valence-corrected chi connectivity index (χ4v) is 3.91. The van der Waals surface area contributed by atoms with Gasteiger partial charge in [0.1, 0.15) is 24.2 Å². The molecule has 2 amide bonds. The summed E-state index contributed by atoms with van der Waals surface area (Å²) >= 11 is 0. The van der Waals surface area contributed by atoms with Gasteiger partial charge in [0.2, 0.25) is 5.82 Å². The molecule has 2 aliphatic heterocycles. The second-order valence-corrected chi connectivity index (χ2v) is 7.33. The van der Waals surface area contributed by atoms with Gasteiger partial charge in [-0.3, -0.25) is 9.59 Å². The SMILES string of the molecule is CCC[C@@H]1CCCc2nc(C(=O)N[C@H]3COc4ccccc4N(C)C3=O)nn21. The zero-order valence-corrected chi connectivity index (χ0v) is 16.2. The molecule has 0 unspecified atom stereocenters. The Morgan fingerprint density at radius 3 is 3.00 bits per heavy atom. The van der Waals surface area contributed by atoms with E-state index in [-0.39, 0.29) is 18.3 Å². The average molecular weight is 383 g/mol. The van der Waals surface area contributed by atoms with Crippen molar-refractivity contribution in [1.29, 1.82) is 0 Å². The number of aromatic nitrogens is 3. The molecular formula is C20H25N5O3. The zero-order chi connectivity index (χ0) is 19.7. The number of fused-ring (bicyclic) bond motifs is 2. The first kappa shape index (κ1) is 18.5. The van der Waals surface area contributed by atoms with E-state index in [1.54, 1.807) is 7.05 Å². The van der Waals surface area contributed by atoms with Crippen LogP contribution in [0.25, 0.3) is 0 Å². The molecule has 0 radical (unpaired) electrons. The summed E-state index contributed by atoms with van der Waals surface area (Å²) in [6.45, 7) is 2.21. The number of rotatable bonds is 4. The van der Waals surface area contributed by atoms with Crippen LogP contribution in [0, 0.1) is 0 Å². The van der Waals surface area contributed by atoms with Gasteiger partial charge in [-0.1, -0.05) is 25.5 Å². The van der Waals surface area contributed by atoms with E-state index in [9.17, 15) is 9.59 Å². The van der Waals surface area contributed by atoms with Gasteiger partial charge in [0.15, 0.2) is 0 Å². The van der Waals surface area contributed by atoms with E-state index in [1.807, 2.05) is 28.9 Å². The van der Waals surface area contributed by atoms with Crippen LogP contribution in [0.5, 0.6) is 5.75 Å². The lowest BCUT2D eigenvalue weighted by atomic mass is 10.0. The van der Waals surface area contributed by atoms with Crippen LogP contribution in [-0.2, 0) is 11.2 Å². The number of benzene rings is 1. The molecule has 0 saturated carbocycles. The molecule has 8 heteroatoms. The first-order chi connectivity index (χ1) is 13.6. The Bertz CT molecular complexity index is 894. The summed E-state index contributed by atoms with van der Waals surface area (Å²) in [4.78, 5) is 31.5. The molecule has 148 valence electrons. The predicted octanol–water partition coefficient (Wildman–Crippen LogP) is 2.11. The van der Waals surface area contributed by atoms with E-state index in [0.717, 1.165) is 37.9 Å². The third-order valence-electron chi connectivity index (χ3n) is 5.38.